The number of carboxylic acid groups (broad SMARTS) is 1. The highest BCUT2D eigenvalue weighted by Gasteiger charge is 2.35. The number of nitrogens with zero attached hydrogens (tertiary/aromatic N) is 1. The van der Waals surface area contributed by atoms with Gasteiger partial charge in [-0.15, -0.1) is 11.3 Å². The number of rotatable bonds is 5. The highest BCUT2D eigenvalue weighted by atomic mass is 127. The molecule has 4 nitrogen and oxygen atoms in total. The van der Waals surface area contributed by atoms with Gasteiger partial charge in [0.25, 0.3) is 5.91 Å². The molecule has 18 heavy (non-hydrogen) atoms. The Hall–Kier alpha value is -0.630. The minimum Gasteiger partial charge on any atom is -0.481 e. The number of carbonyl (C=O) groups excluding carboxylic acids is 1. The summed E-state index contributed by atoms with van der Waals surface area (Å²) in [5, 5.41) is 10.8. The van der Waals surface area contributed by atoms with Crippen LogP contribution in [0.2, 0.25) is 0 Å². The molecule has 1 saturated carbocycles. The Labute approximate surface area is 123 Å². The largest absolute Gasteiger partial charge is 0.481 e. The number of amides is 1. The highest BCUT2D eigenvalue weighted by Crippen LogP contribution is 2.30. The first-order chi connectivity index (χ1) is 8.49. The highest BCUT2D eigenvalue weighted by molar-refractivity contribution is 14.1. The van der Waals surface area contributed by atoms with E-state index in [1.807, 2.05) is 11.4 Å². The van der Waals surface area contributed by atoms with Crippen molar-refractivity contribution in [1.82, 2.24) is 4.90 Å². The molecule has 0 bridgehead atoms. The number of thiophene rings is 1. The lowest BCUT2D eigenvalue weighted by atomic mass is 10.1. The monoisotopic (exact) mass is 379 g/mol. The van der Waals surface area contributed by atoms with Crippen molar-refractivity contribution in [2.75, 3.05) is 6.54 Å². The summed E-state index contributed by atoms with van der Waals surface area (Å²) >= 11 is 3.71. The molecule has 1 aromatic heterocycles. The molecular formula is C12H14INO3S. The van der Waals surface area contributed by atoms with Gasteiger partial charge in [0.2, 0.25) is 0 Å². The van der Waals surface area contributed by atoms with Crippen molar-refractivity contribution in [2.45, 2.75) is 25.8 Å². The number of carbonyl (C=O) groups is 2. The van der Waals surface area contributed by atoms with Crippen LogP contribution in [0.15, 0.2) is 11.4 Å². The molecule has 2 rings (SSSR count). The van der Waals surface area contributed by atoms with Gasteiger partial charge in [-0.05, 0) is 41.5 Å². The maximum atomic E-state index is 12.3. The molecule has 1 aliphatic carbocycles. The second-order valence-corrected chi connectivity index (χ2v) is 7.37. The number of carboxylic acids is 1. The Morgan fingerprint density at radius 3 is 2.72 bits per heavy atom. The lowest BCUT2D eigenvalue weighted by Gasteiger charge is -2.23. The van der Waals surface area contributed by atoms with E-state index < -0.39 is 11.9 Å². The fourth-order valence-electron chi connectivity index (χ4n) is 1.75. The van der Waals surface area contributed by atoms with Crippen LogP contribution in [0.5, 0.6) is 0 Å². The summed E-state index contributed by atoms with van der Waals surface area (Å²) in [4.78, 5) is 25.0. The lowest BCUT2D eigenvalue weighted by Crippen LogP contribution is -2.38. The summed E-state index contributed by atoms with van der Waals surface area (Å²) in [6, 6.07) is 2.09. The summed E-state index contributed by atoms with van der Waals surface area (Å²) < 4.78 is 1.07. The van der Waals surface area contributed by atoms with E-state index in [9.17, 15) is 9.59 Å². The molecule has 98 valence electrons. The molecule has 6 heteroatoms. The van der Waals surface area contributed by atoms with E-state index in [0.717, 1.165) is 15.7 Å². The zero-order valence-electron chi connectivity index (χ0n) is 9.93. The van der Waals surface area contributed by atoms with Gasteiger partial charge >= 0.3 is 5.97 Å². The first kappa shape index (κ1) is 13.8. The molecule has 0 saturated heterocycles. The third-order valence-electron chi connectivity index (χ3n) is 2.96. The van der Waals surface area contributed by atoms with Crippen molar-refractivity contribution in [1.29, 1.82) is 0 Å². The van der Waals surface area contributed by atoms with Crippen molar-refractivity contribution in [3.63, 3.8) is 0 Å². The summed E-state index contributed by atoms with van der Waals surface area (Å²) in [5.41, 5.74) is 0.675. The summed E-state index contributed by atoms with van der Waals surface area (Å²) in [6.45, 7) is 1.94. The van der Waals surface area contributed by atoms with Crippen molar-refractivity contribution in [3.05, 3.63) is 19.9 Å². The molecule has 1 aromatic rings. The van der Waals surface area contributed by atoms with Crippen LogP contribution in [0.1, 0.15) is 30.1 Å². The second kappa shape index (κ2) is 5.56. The molecule has 1 atom stereocenters. The first-order valence-corrected chi connectivity index (χ1v) is 7.72. The van der Waals surface area contributed by atoms with Gasteiger partial charge in [0, 0.05) is 18.0 Å². The SMILES string of the molecule is CC(CN(C(=O)c1csc(I)c1)C1CC1)C(=O)O. The van der Waals surface area contributed by atoms with E-state index >= 15 is 0 Å². The molecule has 0 aromatic carbocycles. The number of hydrogen-bond donors (Lipinski definition) is 1. The van der Waals surface area contributed by atoms with E-state index in [-0.39, 0.29) is 11.9 Å². The molecule has 1 fully saturated rings. The molecule has 1 amide bonds. The van der Waals surface area contributed by atoms with Gasteiger partial charge in [0.1, 0.15) is 0 Å². The summed E-state index contributed by atoms with van der Waals surface area (Å²) in [7, 11) is 0. The average Bonchev–Trinajstić information content (AvgIpc) is 3.07. The first-order valence-electron chi connectivity index (χ1n) is 5.77. The predicted octanol–water partition coefficient (Wildman–Crippen LogP) is 2.68. The lowest BCUT2D eigenvalue weighted by molar-refractivity contribution is -0.141. The second-order valence-electron chi connectivity index (χ2n) is 4.57. The number of halogens is 1. The molecular weight excluding hydrogens is 365 g/mol. The van der Waals surface area contributed by atoms with E-state index in [2.05, 4.69) is 22.6 Å². The minimum absolute atomic E-state index is 0.0373. The minimum atomic E-state index is -0.853. The average molecular weight is 379 g/mol. The molecule has 1 heterocycles. The quantitative estimate of drug-likeness (QED) is 0.801. The zero-order chi connectivity index (χ0) is 13.3. The van der Waals surface area contributed by atoms with Crippen LogP contribution in [-0.2, 0) is 4.79 Å². The van der Waals surface area contributed by atoms with Gasteiger partial charge in [-0.1, -0.05) is 6.92 Å². The Kier molecular flexibility index (Phi) is 4.26. The Morgan fingerprint density at radius 1 is 1.61 bits per heavy atom. The maximum Gasteiger partial charge on any atom is 0.308 e. The van der Waals surface area contributed by atoms with Crippen LogP contribution in [-0.4, -0.2) is 34.5 Å². The summed E-state index contributed by atoms with van der Waals surface area (Å²) in [5.74, 6) is -1.41. The van der Waals surface area contributed by atoms with E-state index in [0.29, 0.717) is 12.1 Å². The summed E-state index contributed by atoms with van der Waals surface area (Å²) in [6.07, 6.45) is 1.97. The standard InChI is InChI=1S/C12H14INO3S/c1-7(12(16)17)5-14(9-2-3-9)11(15)8-4-10(13)18-6-8/h4,6-7,9H,2-3,5H2,1H3,(H,16,17). The van der Waals surface area contributed by atoms with Gasteiger partial charge in [0.15, 0.2) is 0 Å². The topological polar surface area (TPSA) is 57.6 Å². The van der Waals surface area contributed by atoms with Gasteiger partial charge < -0.3 is 10.0 Å². The van der Waals surface area contributed by atoms with E-state index in [4.69, 9.17) is 5.11 Å². The van der Waals surface area contributed by atoms with Gasteiger partial charge in [-0.3, -0.25) is 9.59 Å². The third kappa shape index (κ3) is 3.23. The molecule has 0 radical (unpaired) electrons. The van der Waals surface area contributed by atoms with Crippen LogP contribution >= 0.6 is 33.9 Å². The van der Waals surface area contributed by atoms with Crippen molar-refractivity contribution in [2.24, 2.45) is 5.92 Å². The van der Waals surface area contributed by atoms with Crippen molar-refractivity contribution < 1.29 is 14.7 Å². The van der Waals surface area contributed by atoms with Crippen molar-refractivity contribution >= 4 is 45.8 Å². The van der Waals surface area contributed by atoms with Crippen LogP contribution in [0, 0.1) is 8.80 Å². The van der Waals surface area contributed by atoms with E-state index in [1.165, 1.54) is 11.3 Å². The van der Waals surface area contributed by atoms with E-state index in [1.54, 1.807) is 11.8 Å². The number of aliphatic carboxylic acids is 1. The van der Waals surface area contributed by atoms with Crippen LogP contribution in [0.25, 0.3) is 0 Å². The predicted molar refractivity (Wildman–Crippen MR) is 77.9 cm³/mol. The number of hydrogen-bond acceptors (Lipinski definition) is 3. The fourth-order valence-corrected chi connectivity index (χ4v) is 3.07. The zero-order valence-corrected chi connectivity index (χ0v) is 12.9. The van der Waals surface area contributed by atoms with Crippen LogP contribution < -0.4 is 0 Å². The van der Waals surface area contributed by atoms with Crippen LogP contribution in [0.3, 0.4) is 0 Å². The maximum absolute atomic E-state index is 12.3. The fraction of sp³-hybridized carbons (Fsp3) is 0.500. The molecule has 1 aliphatic rings. The third-order valence-corrected chi connectivity index (χ3v) is 4.74. The molecule has 0 aliphatic heterocycles. The smallest absolute Gasteiger partial charge is 0.308 e. The molecule has 1 N–H and O–H groups in total. The van der Waals surface area contributed by atoms with Crippen LogP contribution in [0.4, 0.5) is 0 Å². The Balaban J connectivity index is 2.10. The normalized spacial score (nSPS) is 16.3. The Bertz CT molecular complexity index is 470. The molecule has 0 spiro atoms. The van der Waals surface area contributed by atoms with Gasteiger partial charge in [-0.2, -0.15) is 0 Å². The molecule has 1 unspecified atom stereocenters. The Morgan fingerprint density at radius 2 is 2.28 bits per heavy atom. The van der Waals surface area contributed by atoms with Crippen molar-refractivity contribution in [3.8, 4) is 0 Å². The van der Waals surface area contributed by atoms with Gasteiger partial charge in [-0.25, -0.2) is 0 Å². The van der Waals surface area contributed by atoms with Gasteiger partial charge in [0.05, 0.1) is 14.4 Å².